The molecular formula is C17H26O5Si. The molecule has 0 aromatic heterocycles. The standard InChI is InChI=1S/C17H26O5Si/c1-20-15(18)17(16(19)21-2)9-13-7-6-12(8-14(13)10-17)11-22-23(3,4)5/h8H,6-7,9-11H2,1-5H3. The number of carbonyl (C=O) groups excluding carboxylic acids is 2. The first kappa shape index (κ1) is 17.9. The molecule has 23 heavy (non-hydrogen) atoms. The maximum absolute atomic E-state index is 12.2. The molecule has 6 heteroatoms. The molecule has 0 saturated heterocycles. The van der Waals surface area contributed by atoms with Crippen molar-refractivity contribution in [2.45, 2.75) is 45.3 Å². The summed E-state index contributed by atoms with van der Waals surface area (Å²) in [7, 11) is 1.07. The summed E-state index contributed by atoms with van der Waals surface area (Å²) in [5.41, 5.74) is 2.26. The number of esters is 2. The van der Waals surface area contributed by atoms with Crippen molar-refractivity contribution in [2.75, 3.05) is 20.8 Å². The highest BCUT2D eigenvalue weighted by atomic mass is 28.4. The van der Waals surface area contributed by atoms with Gasteiger partial charge in [-0.2, -0.15) is 0 Å². The molecule has 0 N–H and O–H groups in total. The molecule has 0 amide bonds. The molecule has 0 aromatic carbocycles. The molecule has 0 radical (unpaired) electrons. The molecular weight excluding hydrogens is 312 g/mol. The van der Waals surface area contributed by atoms with Gasteiger partial charge in [0.15, 0.2) is 13.7 Å². The second-order valence-corrected chi connectivity index (χ2v) is 11.8. The number of hydrogen-bond acceptors (Lipinski definition) is 5. The van der Waals surface area contributed by atoms with E-state index in [1.165, 1.54) is 19.8 Å². The summed E-state index contributed by atoms with van der Waals surface area (Å²) in [5, 5.41) is 0. The lowest BCUT2D eigenvalue weighted by Gasteiger charge is -2.23. The Labute approximate surface area is 138 Å². The van der Waals surface area contributed by atoms with Gasteiger partial charge in [-0.15, -0.1) is 0 Å². The number of ether oxygens (including phenoxy) is 2. The average molecular weight is 338 g/mol. The van der Waals surface area contributed by atoms with Crippen molar-refractivity contribution in [1.29, 1.82) is 0 Å². The van der Waals surface area contributed by atoms with Gasteiger partial charge in [-0.05, 0) is 56.5 Å². The van der Waals surface area contributed by atoms with Crippen molar-refractivity contribution in [2.24, 2.45) is 5.41 Å². The normalized spacial score (nSPS) is 20.0. The highest BCUT2D eigenvalue weighted by Gasteiger charge is 2.53. The highest BCUT2D eigenvalue weighted by Crippen LogP contribution is 2.48. The fraction of sp³-hybridized carbons (Fsp3) is 0.647. The summed E-state index contributed by atoms with van der Waals surface area (Å²) in [6.07, 6.45) is 4.65. The summed E-state index contributed by atoms with van der Waals surface area (Å²) in [6, 6.07) is 0. The Morgan fingerprint density at radius 1 is 1.09 bits per heavy atom. The van der Waals surface area contributed by atoms with Crippen LogP contribution in [0.1, 0.15) is 25.7 Å². The van der Waals surface area contributed by atoms with Crippen LogP contribution in [0.4, 0.5) is 0 Å². The summed E-state index contributed by atoms with van der Waals surface area (Å²) in [5.74, 6) is -1.01. The number of methoxy groups -OCH3 is 2. The zero-order valence-electron chi connectivity index (χ0n) is 14.7. The Kier molecular flexibility index (Phi) is 5.16. The number of rotatable bonds is 5. The van der Waals surface area contributed by atoms with Crippen molar-refractivity contribution in [3.8, 4) is 0 Å². The van der Waals surface area contributed by atoms with Gasteiger partial charge in [0, 0.05) is 0 Å². The Bertz CT molecular complexity index is 552. The molecule has 0 atom stereocenters. The predicted octanol–water partition coefficient (Wildman–Crippen LogP) is 2.98. The fourth-order valence-electron chi connectivity index (χ4n) is 3.21. The van der Waals surface area contributed by atoms with Crippen molar-refractivity contribution < 1.29 is 23.5 Å². The van der Waals surface area contributed by atoms with Crippen LogP contribution in [0.3, 0.4) is 0 Å². The molecule has 0 aliphatic heterocycles. The van der Waals surface area contributed by atoms with Crippen LogP contribution in [0, 0.1) is 5.41 Å². The molecule has 0 fully saturated rings. The van der Waals surface area contributed by atoms with Crippen molar-refractivity contribution >= 4 is 20.3 Å². The Morgan fingerprint density at radius 2 is 1.70 bits per heavy atom. The van der Waals surface area contributed by atoms with E-state index in [1.54, 1.807) is 0 Å². The SMILES string of the molecule is COC(=O)C1(C(=O)OC)CC2=C(CCC(CO[Si](C)(C)C)=C2)C1. The smallest absolute Gasteiger partial charge is 0.323 e. The van der Waals surface area contributed by atoms with E-state index < -0.39 is 25.7 Å². The van der Waals surface area contributed by atoms with Crippen LogP contribution in [0.15, 0.2) is 22.8 Å². The van der Waals surface area contributed by atoms with E-state index in [4.69, 9.17) is 13.9 Å². The van der Waals surface area contributed by atoms with Crippen molar-refractivity contribution in [1.82, 2.24) is 0 Å². The number of hydrogen-bond donors (Lipinski definition) is 0. The molecule has 5 nitrogen and oxygen atoms in total. The Balaban J connectivity index is 2.18. The number of allylic oxidation sites excluding steroid dienone is 3. The molecule has 0 saturated carbocycles. The summed E-state index contributed by atoms with van der Waals surface area (Å²) in [4.78, 5) is 24.5. The van der Waals surface area contributed by atoms with E-state index >= 15 is 0 Å². The van der Waals surface area contributed by atoms with E-state index in [0.29, 0.717) is 19.4 Å². The van der Waals surface area contributed by atoms with Crippen LogP contribution < -0.4 is 0 Å². The Hall–Kier alpha value is -1.40. The molecule has 2 aliphatic rings. The quantitative estimate of drug-likeness (QED) is 0.438. The minimum atomic E-state index is -1.56. The zero-order valence-corrected chi connectivity index (χ0v) is 15.7. The topological polar surface area (TPSA) is 61.8 Å². The van der Waals surface area contributed by atoms with Gasteiger partial charge in [-0.25, -0.2) is 0 Å². The van der Waals surface area contributed by atoms with Crippen molar-refractivity contribution in [3.05, 3.63) is 22.8 Å². The van der Waals surface area contributed by atoms with Crippen LogP contribution in [0.5, 0.6) is 0 Å². The van der Waals surface area contributed by atoms with E-state index in [1.807, 2.05) is 0 Å². The van der Waals surface area contributed by atoms with E-state index in [-0.39, 0.29) is 0 Å². The lowest BCUT2D eigenvalue weighted by atomic mass is 9.83. The highest BCUT2D eigenvalue weighted by molar-refractivity contribution is 6.69. The third-order valence-electron chi connectivity index (χ3n) is 4.43. The minimum absolute atomic E-state index is 0.359. The molecule has 0 spiro atoms. The summed E-state index contributed by atoms with van der Waals surface area (Å²) < 4.78 is 15.7. The summed E-state index contributed by atoms with van der Waals surface area (Å²) in [6.45, 7) is 7.12. The molecule has 0 unspecified atom stereocenters. The van der Waals surface area contributed by atoms with E-state index in [9.17, 15) is 9.59 Å². The largest absolute Gasteiger partial charge is 0.468 e. The van der Waals surface area contributed by atoms with Crippen LogP contribution in [0.2, 0.25) is 19.6 Å². The predicted molar refractivity (Wildman–Crippen MR) is 89.3 cm³/mol. The first-order chi connectivity index (χ1) is 10.7. The van der Waals surface area contributed by atoms with Gasteiger partial charge in [0.1, 0.15) is 0 Å². The van der Waals surface area contributed by atoms with Crippen LogP contribution in [-0.2, 0) is 23.5 Å². The molecule has 0 heterocycles. The molecule has 0 bridgehead atoms. The van der Waals surface area contributed by atoms with Crippen LogP contribution in [-0.4, -0.2) is 41.1 Å². The molecule has 128 valence electrons. The number of carbonyl (C=O) groups is 2. The third kappa shape index (κ3) is 3.75. The first-order valence-corrected chi connectivity index (χ1v) is 11.3. The maximum atomic E-state index is 12.2. The van der Waals surface area contributed by atoms with Gasteiger partial charge in [0.2, 0.25) is 0 Å². The second-order valence-electron chi connectivity index (χ2n) is 7.25. The second kappa shape index (κ2) is 6.61. The van der Waals surface area contributed by atoms with Crippen LogP contribution in [0.25, 0.3) is 0 Å². The van der Waals surface area contributed by atoms with Gasteiger partial charge in [-0.1, -0.05) is 11.6 Å². The van der Waals surface area contributed by atoms with E-state index in [2.05, 4.69) is 25.7 Å². The van der Waals surface area contributed by atoms with Gasteiger partial charge < -0.3 is 13.9 Å². The van der Waals surface area contributed by atoms with Gasteiger partial charge in [-0.3, -0.25) is 9.59 Å². The summed E-state index contributed by atoms with van der Waals surface area (Å²) >= 11 is 0. The third-order valence-corrected chi connectivity index (χ3v) is 5.44. The first-order valence-electron chi connectivity index (χ1n) is 7.93. The van der Waals surface area contributed by atoms with Gasteiger partial charge in [0.25, 0.3) is 0 Å². The Morgan fingerprint density at radius 3 is 2.22 bits per heavy atom. The fourth-order valence-corrected chi connectivity index (χ4v) is 3.83. The van der Waals surface area contributed by atoms with Gasteiger partial charge in [0.05, 0.1) is 20.8 Å². The molecule has 2 rings (SSSR count). The average Bonchev–Trinajstić information content (AvgIpc) is 2.90. The lowest BCUT2D eigenvalue weighted by molar-refractivity contribution is -0.168. The maximum Gasteiger partial charge on any atom is 0.323 e. The van der Waals surface area contributed by atoms with Gasteiger partial charge >= 0.3 is 11.9 Å². The van der Waals surface area contributed by atoms with Crippen LogP contribution >= 0.6 is 0 Å². The minimum Gasteiger partial charge on any atom is -0.468 e. The monoisotopic (exact) mass is 338 g/mol. The van der Waals surface area contributed by atoms with E-state index in [0.717, 1.165) is 24.0 Å². The lowest BCUT2D eigenvalue weighted by Crippen LogP contribution is -2.39. The molecule has 0 aromatic rings. The molecule has 2 aliphatic carbocycles. The zero-order chi connectivity index (χ0) is 17.3. The van der Waals surface area contributed by atoms with Crippen molar-refractivity contribution in [3.63, 3.8) is 0 Å².